The van der Waals surface area contributed by atoms with E-state index in [4.69, 9.17) is 0 Å². The molecule has 3 rings (SSSR count). The van der Waals surface area contributed by atoms with Gasteiger partial charge in [-0.15, -0.1) is 0 Å². The molecule has 2 aromatic carbocycles. The van der Waals surface area contributed by atoms with Gasteiger partial charge in [0.2, 0.25) is 5.75 Å². The molecule has 0 saturated carbocycles. The van der Waals surface area contributed by atoms with Crippen LogP contribution in [-0.2, 0) is 11.3 Å². The SMILES string of the molecule is O=C1S/C(=C\c2cccc([N+](=O)[O-])c2O)C(=O)N1Cc1ccccc1F. The highest BCUT2D eigenvalue weighted by Gasteiger charge is 2.35. The van der Waals surface area contributed by atoms with Gasteiger partial charge in [0.15, 0.2) is 0 Å². The number of benzene rings is 2. The van der Waals surface area contributed by atoms with Crippen LogP contribution in [-0.4, -0.2) is 26.1 Å². The Morgan fingerprint density at radius 3 is 2.62 bits per heavy atom. The number of phenolic OH excluding ortho intramolecular Hbond substituents is 1. The van der Waals surface area contributed by atoms with Crippen LogP contribution >= 0.6 is 11.8 Å². The molecule has 1 aliphatic heterocycles. The lowest BCUT2D eigenvalue weighted by molar-refractivity contribution is -0.385. The quantitative estimate of drug-likeness (QED) is 0.498. The van der Waals surface area contributed by atoms with Crippen molar-refractivity contribution in [2.45, 2.75) is 6.54 Å². The van der Waals surface area contributed by atoms with Crippen LogP contribution in [0.4, 0.5) is 14.9 Å². The maximum Gasteiger partial charge on any atom is 0.311 e. The number of amides is 2. The minimum Gasteiger partial charge on any atom is -0.502 e. The van der Waals surface area contributed by atoms with E-state index in [2.05, 4.69) is 0 Å². The van der Waals surface area contributed by atoms with Crippen molar-refractivity contribution in [3.8, 4) is 5.75 Å². The highest BCUT2D eigenvalue weighted by Crippen LogP contribution is 2.37. The molecule has 2 amide bonds. The maximum atomic E-state index is 13.7. The molecule has 1 aliphatic rings. The summed E-state index contributed by atoms with van der Waals surface area (Å²) in [4.78, 5) is 35.5. The van der Waals surface area contributed by atoms with E-state index in [0.717, 1.165) is 11.0 Å². The molecule has 1 N–H and O–H groups in total. The minimum absolute atomic E-state index is 0.0119. The number of carbonyl (C=O) groups is 2. The summed E-state index contributed by atoms with van der Waals surface area (Å²) in [6.45, 7) is -0.227. The van der Waals surface area contributed by atoms with E-state index in [1.807, 2.05) is 0 Å². The molecular formula is C17H11FN2O5S. The average Bonchev–Trinajstić information content (AvgIpc) is 2.86. The molecule has 7 nitrogen and oxygen atoms in total. The Bertz CT molecular complexity index is 960. The van der Waals surface area contributed by atoms with E-state index in [0.29, 0.717) is 11.8 Å². The van der Waals surface area contributed by atoms with Gasteiger partial charge in [-0.25, -0.2) is 4.39 Å². The predicted octanol–water partition coefficient (Wildman–Crippen LogP) is 3.68. The van der Waals surface area contributed by atoms with E-state index >= 15 is 0 Å². The number of rotatable bonds is 4. The van der Waals surface area contributed by atoms with Gasteiger partial charge in [0.1, 0.15) is 5.82 Å². The molecule has 1 saturated heterocycles. The molecule has 26 heavy (non-hydrogen) atoms. The Balaban J connectivity index is 1.90. The first-order chi connectivity index (χ1) is 12.4. The summed E-state index contributed by atoms with van der Waals surface area (Å²) in [5, 5.41) is 20.2. The van der Waals surface area contributed by atoms with Crippen molar-refractivity contribution in [3.05, 3.63) is 74.4 Å². The van der Waals surface area contributed by atoms with E-state index < -0.39 is 33.3 Å². The van der Waals surface area contributed by atoms with Crippen LogP contribution in [0.3, 0.4) is 0 Å². The smallest absolute Gasteiger partial charge is 0.311 e. The van der Waals surface area contributed by atoms with Crippen LogP contribution < -0.4 is 0 Å². The minimum atomic E-state index is -0.753. The number of carbonyl (C=O) groups excluding carboxylic acids is 2. The highest BCUT2D eigenvalue weighted by molar-refractivity contribution is 8.18. The van der Waals surface area contributed by atoms with Crippen LogP contribution in [0, 0.1) is 15.9 Å². The van der Waals surface area contributed by atoms with Crippen LogP contribution in [0.15, 0.2) is 47.4 Å². The fraction of sp³-hybridized carbons (Fsp3) is 0.0588. The average molecular weight is 374 g/mol. The molecule has 0 aromatic heterocycles. The maximum absolute atomic E-state index is 13.7. The molecular weight excluding hydrogens is 363 g/mol. The molecule has 9 heteroatoms. The molecule has 2 aromatic rings. The second-order valence-corrected chi connectivity index (χ2v) is 6.32. The number of hydrogen-bond donors (Lipinski definition) is 1. The second-order valence-electron chi connectivity index (χ2n) is 5.33. The number of phenols is 1. The highest BCUT2D eigenvalue weighted by atomic mass is 32.2. The Morgan fingerprint density at radius 1 is 1.19 bits per heavy atom. The number of hydrogen-bond acceptors (Lipinski definition) is 6. The fourth-order valence-electron chi connectivity index (χ4n) is 2.39. The van der Waals surface area contributed by atoms with Crippen molar-refractivity contribution in [2.24, 2.45) is 0 Å². The predicted molar refractivity (Wildman–Crippen MR) is 92.7 cm³/mol. The van der Waals surface area contributed by atoms with Crippen LogP contribution in [0.2, 0.25) is 0 Å². The van der Waals surface area contributed by atoms with Gasteiger partial charge in [-0.1, -0.05) is 30.3 Å². The van der Waals surface area contributed by atoms with Crippen molar-refractivity contribution in [1.29, 1.82) is 0 Å². The normalized spacial score (nSPS) is 15.7. The molecule has 132 valence electrons. The topological polar surface area (TPSA) is 101 Å². The first kappa shape index (κ1) is 17.6. The van der Waals surface area contributed by atoms with Gasteiger partial charge in [-0.2, -0.15) is 0 Å². The summed E-state index contributed by atoms with van der Waals surface area (Å²) >= 11 is 0.620. The molecule has 0 spiro atoms. The zero-order valence-electron chi connectivity index (χ0n) is 13.1. The van der Waals surface area contributed by atoms with Crippen LogP contribution in [0.5, 0.6) is 5.75 Å². The monoisotopic (exact) mass is 374 g/mol. The largest absolute Gasteiger partial charge is 0.502 e. The fourth-order valence-corrected chi connectivity index (χ4v) is 3.22. The molecule has 1 heterocycles. The van der Waals surface area contributed by atoms with E-state index in [9.17, 15) is 29.2 Å². The molecule has 0 bridgehead atoms. The Hall–Kier alpha value is -3.20. The second kappa shape index (κ2) is 6.96. The number of nitrogens with zero attached hydrogens (tertiary/aromatic N) is 2. The summed E-state index contributed by atoms with van der Waals surface area (Å²) in [5.74, 6) is -1.79. The summed E-state index contributed by atoms with van der Waals surface area (Å²) in [5.41, 5.74) is -0.283. The summed E-state index contributed by atoms with van der Waals surface area (Å²) in [6.07, 6.45) is 1.20. The van der Waals surface area contributed by atoms with Crippen molar-refractivity contribution < 1.29 is 24.0 Å². The molecule has 0 radical (unpaired) electrons. The standard InChI is InChI=1S/C17H11FN2O5S/c18-12-6-2-1-4-11(12)9-19-16(22)14(26-17(19)23)8-10-5-3-7-13(15(10)21)20(24)25/h1-8,21H,9H2/b14-8-. The lowest BCUT2D eigenvalue weighted by atomic mass is 10.1. The third-order valence-corrected chi connectivity index (χ3v) is 4.60. The number of halogens is 1. The van der Waals surface area contributed by atoms with Crippen molar-refractivity contribution >= 4 is 34.7 Å². The van der Waals surface area contributed by atoms with Gasteiger partial charge >= 0.3 is 5.69 Å². The third-order valence-electron chi connectivity index (χ3n) is 3.69. The number of imide groups is 1. The first-order valence-corrected chi connectivity index (χ1v) is 8.15. The van der Waals surface area contributed by atoms with Gasteiger partial charge in [0, 0.05) is 17.2 Å². The van der Waals surface area contributed by atoms with E-state index in [-0.39, 0.29) is 22.6 Å². The van der Waals surface area contributed by atoms with Crippen molar-refractivity contribution in [1.82, 2.24) is 4.90 Å². The first-order valence-electron chi connectivity index (χ1n) is 7.33. The Labute approximate surface area is 150 Å². The van der Waals surface area contributed by atoms with Crippen molar-refractivity contribution in [2.75, 3.05) is 0 Å². The van der Waals surface area contributed by atoms with Crippen LogP contribution in [0.1, 0.15) is 11.1 Å². The zero-order chi connectivity index (χ0) is 18.8. The lowest BCUT2D eigenvalue weighted by Crippen LogP contribution is -2.27. The van der Waals surface area contributed by atoms with Gasteiger partial charge in [0.25, 0.3) is 11.1 Å². The summed E-state index contributed by atoms with van der Waals surface area (Å²) in [7, 11) is 0. The number of nitro benzene ring substituents is 1. The van der Waals surface area contributed by atoms with Crippen LogP contribution in [0.25, 0.3) is 6.08 Å². The molecule has 0 aliphatic carbocycles. The number of thioether (sulfide) groups is 1. The molecule has 0 atom stereocenters. The Morgan fingerprint density at radius 2 is 1.92 bits per heavy atom. The van der Waals surface area contributed by atoms with Crippen molar-refractivity contribution in [3.63, 3.8) is 0 Å². The van der Waals surface area contributed by atoms with E-state index in [1.165, 1.54) is 36.4 Å². The van der Waals surface area contributed by atoms with Gasteiger partial charge in [-0.05, 0) is 23.9 Å². The Kier molecular flexibility index (Phi) is 4.72. The molecule has 1 fully saturated rings. The van der Waals surface area contributed by atoms with Gasteiger partial charge < -0.3 is 5.11 Å². The number of aromatic hydroxyl groups is 1. The number of nitro groups is 1. The summed E-state index contributed by atoms with van der Waals surface area (Å²) in [6, 6.07) is 9.64. The number of para-hydroxylation sites is 1. The summed E-state index contributed by atoms with van der Waals surface area (Å²) < 4.78 is 13.7. The lowest BCUT2D eigenvalue weighted by Gasteiger charge is -2.12. The van der Waals surface area contributed by atoms with Gasteiger partial charge in [-0.3, -0.25) is 24.6 Å². The molecule has 0 unspecified atom stereocenters. The third kappa shape index (κ3) is 3.29. The zero-order valence-corrected chi connectivity index (χ0v) is 13.9. The van der Waals surface area contributed by atoms with E-state index in [1.54, 1.807) is 6.07 Å². The van der Waals surface area contributed by atoms with Gasteiger partial charge in [0.05, 0.1) is 16.4 Å².